The molecule has 3 atom stereocenters. The number of aryl methyl sites for hydroxylation is 1. The summed E-state index contributed by atoms with van der Waals surface area (Å²) in [5.41, 5.74) is 1.27. The third-order valence-electron chi connectivity index (χ3n) is 3.70. The zero-order chi connectivity index (χ0) is 12.4. The zero-order valence-electron chi connectivity index (χ0n) is 11.2. The second-order valence-electron chi connectivity index (χ2n) is 4.96. The van der Waals surface area contributed by atoms with Crippen molar-refractivity contribution in [3.05, 3.63) is 17.7 Å². The fourth-order valence-corrected chi connectivity index (χ4v) is 2.62. The van der Waals surface area contributed by atoms with Crippen molar-refractivity contribution in [1.29, 1.82) is 0 Å². The molecule has 1 N–H and O–H groups in total. The van der Waals surface area contributed by atoms with Crippen LogP contribution in [-0.4, -0.2) is 28.8 Å². The molecule has 3 unspecified atom stereocenters. The molecule has 4 nitrogen and oxygen atoms in total. The summed E-state index contributed by atoms with van der Waals surface area (Å²) < 4.78 is 7.87. The molecule has 96 valence electrons. The van der Waals surface area contributed by atoms with E-state index in [9.17, 15) is 0 Å². The molecule has 1 saturated heterocycles. The van der Waals surface area contributed by atoms with Gasteiger partial charge in [0.2, 0.25) is 0 Å². The highest BCUT2D eigenvalue weighted by molar-refractivity contribution is 5.11. The summed E-state index contributed by atoms with van der Waals surface area (Å²) in [6.07, 6.45) is 3.50. The van der Waals surface area contributed by atoms with Crippen molar-refractivity contribution in [3.8, 4) is 0 Å². The predicted octanol–water partition coefficient (Wildman–Crippen LogP) is 1.80. The second kappa shape index (κ2) is 5.19. The van der Waals surface area contributed by atoms with Gasteiger partial charge < -0.3 is 14.6 Å². The molecule has 0 saturated carbocycles. The van der Waals surface area contributed by atoms with Gasteiger partial charge >= 0.3 is 0 Å². The minimum atomic E-state index is 0.358. The van der Waals surface area contributed by atoms with Gasteiger partial charge in [0.05, 0.1) is 30.6 Å². The Kier molecular flexibility index (Phi) is 3.84. The van der Waals surface area contributed by atoms with E-state index in [1.807, 2.05) is 13.1 Å². The van der Waals surface area contributed by atoms with Crippen molar-refractivity contribution < 1.29 is 4.74 Å². The normalized spacial score (nSPS) is 26.4. The maximum Gasteiger partial charge on any atom is 0.105 e. The number of hydrogen-bond acceptors (Lipinski definition) is 3. The van der Waals surface area contributed by atoms with E-state index in [1.165, 1.54) is 5.69 Å². The molecule has 1 aliphatic rings. The first-order valence-corrected chi connectivity index (χ1v) is 6.46. The van der Waals surface area contributed by atoms with Crippen LogP contribution in [0.4, 0.5) is 0 Å². The minimum Gasteiger partial charge on any atom is -0.378 e. The highest BCUT2D eigenvalue weighted by Crippen LogP contribution is 2.31. The third kappa shape index (κ3) is 2.53. The zero-order valence-corrected chi connectivity index (χ0v) is 11.2. The van der Waals surface area contributed by atoms with Crippen LogP contribution in [0, 0.1) is 12.8 Å². The van der Waals surface area contributed by atoms with Gasteiger partial charge in [-0.15, -0.1) is 0 Å². The van der Waals surface area contributed by atoms with Crippen LogP contribution >= 0.6 is 0 Å². The van der Waals surface area contributed by atoms with Crippen LogP contribution in [0.25, 0.3) is 0 Å². The Morgan fingerprint density at radius 1 is 1.65 bits per heavy atom. The molecule has 2 heterocycles. The summed E-state index contributed by atoms with van der Waals surface area (Å²) in [5, 5.41) is 3.57. The third-order valence-corrected chi connectivity index (χ3v) is 3.70. The van der Waals surface area contributed by atoms with Crippen LogP contribution < -0.4 is 5.32 Å². The molecule has 1 aromatic heterocycles. The number of rotatable bonds is 4. The maximum absolute atomic E-state index is 5.69. The molecule has 4 heteroatoms. The van der Waals surface area contributed by atoms with Gasteiger partial charge in [-0.1, -0.05) is 6.92 Å². The lowest BCUT2D eigenvalue weighted by Gasteiger charge is -2.24. The lowest BCUT2D eigenvalue weighted by Crippen LogP contribution is -2.30. The molecule has 0 aromatic carbocycles. The van der Waals surface area contributed by atoms with Gasteiger partial charge in [0.1, 0.15) is 5.82 Å². The fourth-order valence-electron chi connectivity index (χ4n) is 2.62. The Morgan fingerprint density at radius 2 is 2.41 bits per heavy atom. The number of nitrogens with one attached hydrogen (secondary N) is 1. The van der Waals surface area contributed by atoms with Crippen LogP contribution in [0.1, 0.15) is 37.8 Å². The van der Waals surface area contributed by atoms with Gasteiger partial charge in [-0.2, -0.15) is 0 Å². The maximum atomic E-state index is 5.69. The van der Waals surface area contributed by atoms with E-state index in [0.717, 1.165) is 25.4 Å². The van der Waals surface area contributed by atoms with Crippen LogP contribution in [0.3, 0.4) is 0 Å². The topological polar surface area (TPSA) is 39.1 Å². The van der Waals surface area contributed by atoms with Gasteiger partial charge in [0.15, 0.2) is 0 Å². The van der Waals surface area contributed by atoms with E-state index in [1.54, 1.807) is 0 Å². The van der Waals surface area contributed by atoms with Gasteiger partial charge in [-0.3, -0.25) is 0 Å². The van der Waals surface area contributed by atoms with Gasteiger partial charge in [-0.05, 0) is 26.8 Å². The molecule has 1 aliphatic heterocycles. The largest absolute Gasteiger partial charge is 0.378 e. The quantitative estimate of drug-likeness (QED) is 0.868. The summed E-state index contributed by atoms with van der Waals surface area (Å²) >= 11 is 0. The lowest BCUT2D eigenvalue weighted by molar-refractivity contribution is 0.116. The summed E-state index contributed by atoms with van der Waals surface area (Å²) in [7, 11) is 2.08. The molecule has 0 amide bonds. The van der Waals surface area contributed by atoms with Crippen LogP contribution in [0.15, 0.2) is 6.20 Å². The first-order chi connectivity index (χ1) is 8.13. The van der Waals surface area contributed by atoms with Crippen molar-refractivity contribution in [2.45, 2.75) is 39.3 Å². The monoisotopic (exact) mass is 237 g/mol. The highest BCUT2D eigenvalue weighted by Gasteiger charge is 2.31. The van der Waals surface area contributed by atoms with E-state index < -0.39 is 0 Å². The summed E-state index contributed by atoms with van der Waals surface area (Å²) in [5.74, 6) is 1.62. The molecule has 1 aromatic rings. The van der Waals surface area contributed by atoms with Crippen molar-refractivity contribution in [3.63, 3.8) is 0 Å². The summed E-state index contributed by atoms with van der Waals surface area (Å²) in [4.78, 5) is 4.39. The highest BCUT2D eigenvalue weighted by atomic mass is 16.5. The molecule has 0 aliphatic carbocycles. The standard InChI is InChI=1S/C13H23N3O/c1-5-14-13(11-6-9(2)17-8-11)12-7-15-10(3)16(12)4/h7,9,11,13-14H,5-6,8H2,1-4H3. The van der Waals surface area contributed by atoms with Crippen molar-refractivity contribution in [1.82, 2.24) is 14.9 Å². The predicted molar refractivity (Wildman–Crippen MR) is 67.9 cm³/mol. The van der Waals surface area contributed by atoms with Crippen molar-refractivity contribution in [2.75, 3.05) is 13.2 Å². The Labute approximate surface area is 103 Å². The average Bonchev–Trinajstić information content (AvgIpc) is 2.85. The average molecular weight is 237 g/mol. The first kappa shape index (κ1) is 12.6. The minimum absolute atomic E-state index is 0.358. The van der Waals surface area contributed by atoms with Crippen molar-refractivity contribution in [2.24, 2.45) is 13.0 Å². The van der Waals surface area contributed by atoms with E-state index >= 15 is 0 Å². The van der Waals surface area contributed by atoms with Crippen LogP contribution in [-0.2, 0) is 11.8 Å². The second-order valence-corrected chi connectivity index (χ2v) is 4.96. The molecule has 2 rings (SSSR count). The molecular formula is C13H23N3O. The molecule has 0 radical (unpaired) electrons. The molecule has 0 spiro atoms. The SMILES string of the molecule is CCNC(c1cnc(C)n1C)C1COC(C)C1. The smallest absolute Gasteiger partial charge is 0.105 e. The summed E-state index contributed by atoms with van der Waals surface area (Å²) in [6.45, 7) is 8.16. The van der Waals surface area contributed by atoms with Crippen molar-refractivity contribution >= 4 is 0 Å². The molecule has 0 bridgehead atoms. The Hall–Kier alpha value is -0.870. The fraction of sp³-hybridized carbons (Fsp3) is 0.769. The number of aromatic nitrogens is 2. The van der Waals surface area contributed by atoms with E-state index in [0.29, 0.717) is 18.1 Å². The first-order valence-electron chi connectivity index (χ1n) is 6.46. The van der Waals surface area contributed by atoms with Crippen LogP contribution in [0.5, 0.6) is 0 Å². The summed E-state index contributed by atoms with van der Waals surface area (Å²) in [6, 6.07) is 0.358. The Balaban J connectivity index is 2.19. The van der Waals surface area contributed by atoms with Gasteiger partial charge in [0.25, 0.3) is 0 Å². The number of nitrogens with zero attached hydrogens (tertiary/aromatic N) is 2. The van der Waals surface area contributed by atoms with E-state index in [4.69, 9.17) is 4.74 Å². The molecule has 1 fully saturated rings. The van der Waals surface area contributed by atoms with E-state index in [2.05, 4.69) is 35.8 Å². The van der Waals surface area contributed by atoms with Gasteiger partial charge in [-0.25, -0.2) is 4.98 Å². The number of ether oxygens (including phenoxy) is 1. The Morgan fingerprint density at radius 3 is 2.88 bits per heavy atom. The number of hydrogen-bond donors (Lipinski definition) is 1. The Bertz CT molecular complexity index is 375. The molecular weight excluding hydrogens is 214 g/mol. The lowest BCUT2D eigenvalue weighted by atomic mass is 9.94. The van der Waals surface area contributed by atoms with Crippen LogP contribution in [0.2, 0.25) is 0 Å². The van der Waals surface area contributed by atoms with E-state index in [-0.39, 0.29) is 0 Å². The van der Waals surface area contributed by atoms with Gasteiger partial charge in [0, 0.05) is 13.0 Å². The molecule has 17 heavy (non-hydrogen) atoms. The number of imidazole rings is 1.